The Bertz CT molecular complexity index is 372. The van der Waals surface area contributed by atoms with Gasteiger partial charge in [-0.2, -0.15) is 0 Å². The molecule has 0 amide bonds. The van der Waals surface area contributed by atoms with Crippen LogP contribution in [0.1, 0.15) is 116 Å². The number of halogens is 2. The van der Waals surface area contributed by atoms with Crippen LogP contribution in [0.25, 0.3) is 0 Å². The summed E-state index contributed by atoms with van der Waals surface area (Å²) >= 11 is 7.05. The maximum absolute atomic E-state index is 10.8. The van der Waals surface area contributed by atoms with E-state index in [0.29, 0.717) is 12.0 Å². The predicted molar refractivity (Wildman–Crippen MR) is 137 cm³/mol. The van der Waals surface area contributed by atoms with Gasteiger partial charge in [0.2, 0.25) is 6.29 Å². The minimum Gasteiger partial charge on any atom is -0.378 e. The van der Waals surface area contributed by atoms with Crippen molar-refractivity contribution in [3.8, 4) is 0 Å². The highest BCUT2D eigenvalue weighted by molar-refractivity contribution is 9.09. The van der Waals surface area contributed by atoms with Crippen LogP contribution >= 0.6 is 31.9 Å². The van der Waals surface area contributed by atoms with Crippen LogP contribution in [0.4, 0.5) is 0 Å². The lowest BCUT2D eigenvalue weighted by atomic mass is 9.94. The van der Waals surface area contributed by atoms with Crippen molar-refractivity contribution in [3.63, 3.8) is 0 Å². The summed E-state index contributed by atoms with van der Waals surface area (Å²) in [5.41, 5.74) is 0. The quantitative estimate of drug-likeness (QED) is 0.106. The molecule has 2 unspecified atom stereocenters. The summed E-state index contributed by atoms with van der Waals surface area (Å²) in [6.45, 7) is 0.979. The van der Waals surface area contributed by atoms with Gasteiger partial charge in [-0.1, -0.05) is 96.1 Å². The lowest BCUT2D eigenvalue weighted by Crippen LogP contribution is -2.17. The minimum absolute atomic E-state index is 0.0697. The van der Waals surface area contributed by atoms with Crippen molar-refractivity contribution < 1.29 is 9.53 Å². The minimum atomic E-state index is 0.0697. The van der Waals surface area contributed by atoms with Gasteiger partial charge in [0, 0.05) is 23.2 Å². The lowest BCUT2D eigenvalue weighted by molar-refractivity contribution is 0.0326. The zero-order chi connectivity index (χ0) is 21.7. The molecule has 2 radical (unpaired) electrons. The van der Waals surface area contributed by atoms with E-state index in [-0.39, 0.29) is 5.92 Å². The molecule has 0 heterocycles. The normalized spacial score (nSPS) is 17.1. The Hall–Kier alpha value is 0.590. The third-order valence-corrected chi connectivity index (χ3v) is 8.19. The Morgan fingerprint density at radius 1 is 0.767 bits per heavy atom. The molecule has 0 N–H and O–H groups in total. The summed E-state index contributed by atoms with van der Waals surface area (Å²) in [4.78, 5) is 10.8. The Morgan fingerprint density at radius 3 is 1.87 bits per heavy atom. The van der Waals surface area contributed by atoms with Gasteiger partial charge in [-0.3, -0.25) is 4.79 Å². The largest absolute Gasteiger partial charge is 0.378 e. The second kappa shape index (κ2) is 21.4. The highest BCUT2D eigenvalue weighted by Crippen LogP contribution is 2.22. The Labute approximate surface area is 204 Å². The van der Waals surface area contributed by atoms with Gasteiger partial charge in [-0.25, -0.2) is 0 Å². The number of hydrogen-bond acceptors (Lipinski definition) is 2. The molecule has 4 heteroatoms. The molecule has 1 rings (SSSR count). The fraction of sp³-hybridized carbons (Fsp3) is 0.923. The smallest absolute Gasteiger partial charge is 0.202 e. The van der Waals surface area contributed by atoms with E-state index >= 15 is 0 Å². The average molecular weight is 550 g/mol. The second-order valence-corrected chi connectivity index (χ2v) is 10.5. The number of carbonyl (C=O) groups excluding carboxylic acids is 1. The Morgan fingerprint density at radius 2 is 1.33 bits per heavy atom. The first-order valence-corrected chi connectivity index (χ1v) is 15.0. The number of hydrogen-bond donors (Lipinski definition) is 0. The molecule has 0 saturated heterocycles. The highest BCUT2D eigenvalue weighted by atomic mass is 79.9. The molecule has 0 spiro atoms. The van der Waals surface area contributed by atoms with Crippen LogP contribution < -0.4 is 0 Å². The summed E-state index contributed by atoms with van der Waals surface area (Å²) < 4.78 is 5.99. The molecule has 0 bridgehead atoms. The fourth-order valence-electron chi connectivity index (χ4n) is 4.34. The van der Waals surface area contributed by atoms with Crippen molar-refractivity contribution in [2.75, 3.05) is 17.3 Å². The van der Waals surface area contributed by atoms with Gasteiger partial charge < -0.3 is 4.74 Å². The summed E-state index contributed by atoms with van der Waals surface area (Å²) in [6.07, 6.45) is 28.6. The molecular weight excluding hydrogens is 504 g/mol. The first kappa shape index (κ1) is 28.6. The van der Waals surface area contributed by atoms with Crippen LogP contribution in [0.15, 0.2) is 0 Å². The maximum atomic E-state index is 10.8. The molecule has 0 aromatic carbocycles. The van der Waals surface area contributed by atoms with Gasteiger partial charge in [0.15, 0.2) is 0 Å². The van der Waals surface area contributed by atoms with E-state index in [0.717, 1.165) is 30.1 Å². The maximum Gasteiger partial charge on any atom is 0.202 e. The highest BCUT2D eigenvalue weighted by Gasteiger charge is 2.13. The van der Waals surface area contributed by atoms with Crippen molar-refractivity contribution in [3.05, 3.63) is 6.42 Å². The molecule has 0 aromatic rings. The molecule has 1 fully saturated rings. The van der Waals surface area contributed by atoms with E-state index < -0.39 is 0 Å². The first-order chi connectivity index (χ1) is 14.8. The molecule has 1 aliphatic rings. The van der Waals surface area contributed by atoms with Gasteiger partial charge in [0.1, 0.15) is 0 Å². The third-order valence-electron chi connectivity index (χ3n) is 6.49. The van der Waals surface area contributed by atoms with Crippen molar-refractivity contribution in [1.29, 1.82) is 0 Å². The molecule has 1 aliphatic carbocycles. The molecule has 1 saturated carbocycles. The van der Waals surface area contributed by atoms with Gasteiger partial charge in [-0.05, 0) is 63.7 Å². The molecule has 30 heavy (non-hydrogen) atoms. The van der Waals surface area contributed by atoms with Crippen LogP contribution in [0.2, 0.25) is 0 Å². The van der Waals surface area contributed by atoms with E-state index in [1.165, 1.54) is 103 Å². The van der Waals surface area contributed by atoms with E-state index in [4.69, 9.17) is 4.74 Å². The van der Waals surface area contributed by atoms with Crippen LogP contribution in [0.5, 0.6) is 0 Å². The predicted octanol–water partition coefficient (Wildman–Crippen LogP) is 8.74. The van der Waals surface area contributed by atoms with Crippen LogP contribution in [0.3, 0.4) is 0 Å². The summed E-state index contributed by atoms with van der Waals surface area (Å²) in [6, 6.07) is 0. The Balaban J connectivity index is 1.78. The number of unbranched alkanes of at least 4 members (excludes halogenated alkanes) is 10. The summed E-state index contributed by atoms with van der Waals surface area (Å²) in [5.74, 6) is 0.784. The second-order valence-electron chi connectivity index (χ2n) is 9.18. The number of alkyl halides is 2. The van der Waals surface area contributed by atoms with E-state index in [1.54, 1.807) is 0 Å². The van der Waals surface area contributed by atoms with Gasteiger partial charge >= 0.3 is 0 Å². The van der Waals surface area contributed by atoms with Crippen molar-refractivity contribution in [2.45, 2.75) is 122 Å². The summed E-state index contributed by atoms with van der Waals surface area (Å²) in [5, 5.41) is 1.81. The SMILES string of the molecule is O=[C]C(CBr)CCC(CBr)CCCCCCCCCCCCCOC1CC[CH]CC1. The zero-order valence-electron chi connectivity index (χ0n) is 19.2. The molecule has 176 valence electrons. The van der Waals surface area contributed by atoms with Crippen molar-refractivity contribution in [2.24, 2.45) is 11.8 Å². The molecule has 2 atom stereocenters. The van der Waals surface area contributed by atoms with Gasteiger partial charge in [0.05, 0.1) is 6.10 Å². The van der Waals surface area contributed by atoms with Crippen LogP contribution in [-0.2, 0) is 9.53 Å². The topological polar surface area (TPSA) is 26.3 Å². The standard InChI is InChI=1S/C26H46Br2O2/c27-21-24(18-19-25(22-28)23-29)15-11-8-6-4-2-1-3-5-7-9-14-20-30-26-16-12-10-13-17-26/h10,24-26H,1-9,11-22H2. The van der Waals surface area contributed by atoms with Crippen molar-refractivity contribution >= 4 is 38.1 Å². The van der Waals surface area contributed by atoms with Crippen LogP contribution in [-0.4, -0.2) is 29.7 Å². The number of rotatable bonds is 21. The van der Waals surface area contributed by atoms with Crippen LogP contribution in [0, 0.1) is 18.3 Å². The molecule has 0 aliphatic heterocycles. The van der Waals surface area contributed by atoms with E-state index in [9.17, 15) is 4.79 Å². The van der Waals surface area contributed by atoms with E-state index in [1.807, 2.05) is 0 Å². The third kappa shape index (κ3) is 16.3. The van der Waals surface area contributed by atoms with Gasteiger partial charge in [0.25, 0.3) is 0 Å². The number of ether oxygens (including phenoxy) is 1. The average Bonchev–Trinajstić information content (AvgIpc) is 2.79. The molecule has 2 nitrogen and oxygen atoms in total. The molecule has 0 aromatic heterocycles. The first-order valence-electron chi connectivity index (χ1n) is 12.7. The van der Waals surface area contributed by atoms with Crippen molar-refractivity contribution in [1.82, 2.24) is 0 Å². The molecular formula is C26H46Br2O2. The monoisotopic (exact) mass is 548 g/mol. The zero-order valence-corrected chi connectivity index (χ0v) is 22.4. The van der Waals surface area contributed by atoms with E-state index in [2.05, 4.69) is 44.6 Å². The van der Waals surface area contributed by atoms with Gasteiger partial charge in [-0.15, -0.1) is 0 Å². The Kier molecular flexibility index (Phi) is 20.5. The lowest BCUT2D eigenvalue weighted by Gasteiger charge is -2.21. The fourth-order valence-corrected chi connectivity index (χ4v) is 5.45. The summed E-state index contributed by atoms with van der Waals surface area (Å²) in [7, 11) is 0.